The third-order valence-electron chi connectivity index (χ3n) is 5.19. The molecule has 0 heterocycles. The normalized spacial score (nSPS) is 12.9. The fraction of sp³-hybridized carbons (Fsp3) is 0.464. The predicted octanol–water partition coefficient (Wildman–Crippen LogP) is 5.01. The molecule has 0 saturated carbocycles. The molecule has 0 aromatic heterocycles. The van der Waals surface area contributed by atoms with E-state index in [9.17, 15) is 14.4 Å². The van der Waals surface area contributed by atoms with Gasteiger partial charge in [0.25, 0.3) is 0 Å². The Labute approximate surface area is 233 Å². The maximum atomic E-state index is 13.3. The van der Waals surface area contributed by atoms with E-state index in [0.717, 1.165) is 20.4 Å². The van der Waals surface area contributed by atoms with E-state index in [-0.39, 0.29) is 12.3 Å². The van der Waals surface area contributed by atoms with E-state index in [2.05, 4.69) is 33.2 Å². The Morgan fingerprint density at radius 3 is 2.19 bits per heavy atom. The van der Waals surface area contributed by atoms with Gasteiger partial charge in [-0.15, -0.1) is 0 Å². The van der Waals surface area contributed by atoms with Crippen molar-refractivity contribution in [1.29, 1.82) is 0 Å². The second kappa shape index (κ2) is 14.2. The molecule has 9 heteroatoms. The largest absolute Gasteiger partial charge is 0.488 e. The zero-order chi connectivity index (χ0) is 27.6. The number of ether oxygens (including phenoxy) is 3. The summed E-state index contributed by atoms with van der Waals surface area (Å²) in [7, 11) is 1.28. The SMILES string of the molecule is COC(=O)[C@H](CC(C)C)NC(=O)[C@H](Cc1ccc(OCc2ccccc2)c(I)c1)NC(=O)OC(C)(C)C. The Kier molecular flexibility index (Phi) is 11.7. The quantitative estimate of drug-likeness (QED) is 0.269. The second-order valence-corrected chi connectivity index (χ2v) is 11.3. The summed E-state index contributed by atoms with van der Waals surface area (Å²) in [5.74, 6) is -0.169. The molecule has 0 radical (unpaired) electrons. The first-order valence-corrected chi connectivity index (χ1v) is 13.3. The lowest BCUT2D eigenvalue weighted by Crippen LogP contribution is -2.53. The molecule has 2 N–H and O–H groups in total. The van der Waals surface area contributed by atoms with E-state index in [0.29, 0.717) is 13.0 Å². The molecule has 0 unspecified atom stereocenters. The van der Waals surface area contributed by atoms with Crippen molar-refractivity contribution in [2.75, 3.05) is 7.11 Å². The van der Waals surface area contributed by atoms with Crippen LogP contribution in [-0.4, -0.2) is 42.8 Å². The Balaban J connectivity index is 2.19. The van der Waals surface area contributed by atoms with Gasteiger partial charge in [0.2, 0.25) is 5.91 Å². The Hall–Kier alpha value is -2.82. The maximum Gasteiger partial charge on any atom is 0.408 e. The van der Waals surface area contributed by atoms with Crippen molar-refractivity contribution in [2.45, 2.75) is 71.8 Å². The molecular weight excluding hydrogens is 587 g/mol. The van der Waals surface area contributed by atoms with E-state index < -0.39 is 35.7 Å². The van der Waals surface area contributed by atoms with Crippen molar-refractivity contribution < 1.29 is 28.6 Å². The topological polar surface area (TPSA) is 103 Å². The number of halogens is 1. The number of carbonyl (C=O) groups excluding carboxylic acids is 3. The number of benzene rings is 2. The average Bonchev–Trinajstić information content (AvgIpc) is 2.81. The van der Waals surface area contributed by atoms with Crippen LogP contribution in [0, 0.1) is 9.49 Å². The minimum atomic E-state index is -0.971. The third-order valence-corrected chi connectivity index (χ3v) is 6.03. The summed E-state index contributed by atoms with van der Waals surface area (Å²) in [6.07, 6.45) is -0.123. The highest BCUT2D eigenvalue weighted by Crippen LogP contribution is 2.24. The second-order valence-electron chi connectivity index (χ2n) is 10.2. The molecule has 0 aliphatic carbocycles. The molecule has 0 fully saturated rings. The van der Waals surface area contributed by atoms with Crippen LogP contribution in [0.2, 0.25) is 0 Å². The van der Waals surface area contributed by atoms with Gasteiger partial charge in [-0.25, -0.2) is 9.59 Å². The number of carbonyl (C=O) groups is 3. The number of nitrogens with one attached hydrogen (secondary N) is 2. The van der Waals surface area contributed by atoms with Gasteiger partial charge in [0, 0.05) is 6.42 Å². The number of methoxy groups -OCH3 is 1. The van der Waals surface area contributed by atoms with Gasteiger partial charge in [-0.3, -0.25) is 4.79 Å². The minimum absolute atomic E-state index is 0.145. The van der Waals surface area contributed by atoms with Crippen LogP contribution in [0.15, 0.2) is 48.5 Å². The third kappa shape index (κ3) is 11.0. The molecule has 2 aromatic carbocycles. The molecule has 8 nitrogen and oxygen atoms in total. The number of hydrogen-bond acceptors (Lipinski definition) is 6. The van der Waals surface area contributed by atoms with Crippen molar-refractivity contribution in [3.8, 4) is 5.75 Å². The molecule has 2 amide bonds. The van der Waals surface area contributed by atoms with E-state index in [1.54, 1.807) is 20.8 Å². The molecule has 0 saturated heterocycles. The van der Waals surface area contributed by atoms with Crippen LogP contribution in [-0.2, 0) is 32.1 Å². The van der Waals surface area contributed by atoms with Gasteiger partial charge in [-0.2, -0.15) is 0 Å². The smallest absolute Gasteiger partial charge is 0.408 e. The van der Waals surface area contributed by atoms with Crippen molar-refractivity contribution in [3.63, 3.8) is 0 Å². The fourth-order valence-corrected chi connectivity index (χ4v) is 4.25. The highest BCUT2D eigenvalue weighted by molar-refractivity contribution is 14.1. The summed E-state index contributed by atoms with van der Waals surface area (Å²) in [6, 6.07) is 13.7. The summed E-state index contributed by atoms with van der Waals surface area (Å²) in [5.41, 5.74) is 1.14. The first-order chi connectivity index (χ1) is 17.4. The summed E-state index contributed by atoms with van der Waals surface area (Å²) in [6.45, 7) is 9.56. The molecular formula is C28H37IN2O6. The van der Waals surface area contributed by atoms with Crippen molar-refractivity contribution in [3.05, 3.63) is 63.2 Å². The van der Waals surface area contributed by atoms with Crippen molar-refractivity contribution in [1.82, 2.24) is 10.6 Å². The number of amides is 2. The molecule has 0 spiro atoms. The summed E-state index contributed by atoms with van der Waals surface area (Å²) < 4.78 is 17.1. The summed E-state index contributed by atoms with van der Waals surface area (Å²) in [5, 5.41) is 5.40. The van der Waals surface area contributed by atoms with Crippen LogP contribution in [0.3, 0.4) is 0 Å². The van der Waals surface area contributed by atoms with Gasteiger partial charge in [0.1, 0.15) is 30.0 Å². The number of alkyl carbamates (subject to hydrolysis) is 1. The van der Waals surface area contributed by atoms with Gasteiger partial charge in [-0.05, 0) is 79.0 Å². The van der Waals surface area contributed by atoms with Gasteiger partial charge >= 0.3 is 12.1 Å². The van der Waals surface area contributed by atoms with Crippen LogP contribution in [0.4, 0.5) is 4.79 Å². The zero-order valence-electron chi connectivity index (χ0n) is 22.3. The van der Waals surface area contributed by atoms with Crippen molar-refractivity contribution in [2.24, 2.45) is 5.92 Å². The van der Waals surface area contributed by atoms with Crippen molar-refractivity contribution >= 4 is 40.6 Å². The first-order valence-electron chi connectivity index (χ1n) is 12.2. The van der Waals surface area contributed by atoms with Gasteiger partial charge in [0.05, 0.1) is 10.7 Å². The summed E-state index contributed by atoms with van der Waals surface area (Å²) in [4.78, 5) is 38.0. The molecule has 37 heavy (non-hydrogen) atoms. The van der Waals surface area contributed by atoms with Crippen LogP contribution in [0.5, 0.6) is 5.75 Å². The van der Waals surface area contributed by atoms with E-state index >= 15 is 0 Å². The Morgan fingerprint density at radius 1 is 0.946 bits per heavy atom. The van der Waals surface area contributed by atoms with Crippen LogP contribution in [0.1, 0.15) is 52.2 Å². The minimum Gasteiger partial charge on any atom is -0.488 e. The number of hydrogen-bond donors (Lipinski definition) is 2. The average molecular weight is 625 g/mol. The molecule has 202 valence electrons. The molecule has 2 rings (SSSR count). The lowest BCUT2D eigenvalue weighted by atomic mass is 10.0. The van der Waals surface area contributed by atoms with Gasteiger partial charge < -0.3 is 24.8 Å². The molecule has 0 aliphatic heterocycles. The monoisotopic (exact) mass is 624 g/mol. The van der Waals surface area contributed by atoms with Gasteiger partial charge in [-0.1, -0.05) is 50.2 Å². The molecule has 2 atom stereocenters. The zero-order valence-corrected chi connectivity index (χ0v) is 24.5. The predicted molar refractivity (Wildman–Crippen MR) is 150 cm³/mol. The highest BCUT2D eigenvalue weighted by atomic mass is 127. The van der Waals surface area contributed by atoms with Crippen LogP contribution < -0.4 is 15.4 Å². The molecule has 2 aromatic rings. The highest BCUT2D eigenvalue weighted by Gasteiger charge is 2.29. The van der Waals surface area contributed by atoms with Crippen LogP contribution >= 0.6 is 22.6 Å². The number of rotatable bonds is 11. The Morgan fingerprint density at radius 2 is 1.62 bits per heavy atom. The lowest BCUT2D eigenvalue weighted by molar-refractivity contribution is -0.145. The fourth-order valence-electron chi connectivity index (χ4n) is 3.52. The Bertz CT molecular complexity index is 1050. The molecule has 0 aliphatic rings. The standard InChI is InChI=1S/C28H37IN2O6/c1-18(2)14-23(26(33)35-6)30-25(32)22(31-27(34)37-28(3,4)5)16-20-12-13-24(21(29)15-20)36-17-19-10-8-7-9-11-19/h7-13,15,18,22-23H,14,16-17H2,1-6H3,(H,30,32)(H,31,34)/t22-,23-/m0/s1. The number of esters is 1. The van der Waals surface area contributed by atoms with Crippen LogP contribution in [0.25, 0.3) is 0 Å². The molecule has 0 bridgehead atoms. The lowest BCUT2D eigenvalue weighted by Gasteiger charge is -2.25. The maximum absolute atomic E-state index is 13.3. The summed E-state index contributed by atoms with van der Waals surface area (Å²) >= 11 is 2.18. The first kappa shape index (κ1) is 30.4. The van der Waals surface area contributed by atoms with E-state index in [4.69, 9.17) is 14.2 Å². The van der Waals surface area contributed by atoms with Gasteiger partial charge in [0.15, 0.2) is 0 Å². The van der Waals surface area contributed by atoms with E-state index in [1.807, 2.05) is 62.4 Å². The van der Waals surface area contributed by atoms with E-state index in [1.165, 1.54) is 7.11 Å².